The summed E-state index contributed by atoms with van der Waals surface area (Å²) in [7, 11) is -3.42. The van der Waals surface area contributed by atoms with Gasteiger partial charge < -0.3 is 5.32 Å². The lowest BCUT2D eigenvalue weighted by atomic mass is 10.6. The molecule has 78 valence electrons. The Bertz CT molecular complexity index is 391. The number of primary sulfonamides is 1. The fourth-order valence-electron chi connectivity index (χ4n) is 0.709. The van der Waals surface area contributed by atoms with Crippen molar-refractivity contribution < 1.29 is 8.42 Å². The maximum Gasteiger partial charge on any atom is 0.222 e. The quantitative estimate of drug-likeness (QED) is 0.745. The van der Waals surface area contributed by atoms with Crippen molar-refractivity contribution in [2.24, 2.45) is 5.14 Å². The smallest absolute Gasteiger partial charge is 0.222 e. The predicted molar refractivity (Wildman–Crippen MR) is 61.2 cm³/mol. The molecule has 1 heterocycles. The first kappa shape index (κ1) is 11.6. The number of rotatable bonds is 4. The Labute approximate surface area is 95.5 Å². The number of hydrogen-bond acceptors (Lipinski definition) is 5. The largest absolute Gasteiger partial charge is 0.353 e. The van der Waals surface area contributed by atoms with Gasteiger partial charge in [-0.2, -0.15) is 0 Å². The van der Waals surface area contributed by atoms with E-state index in [9.17, 15) is 8.42 Å². The molecular weight excluding hydrogens is 319 g/mol. The lowest BCUT2D eigenvalue weighted by molar-refractivity contribution is 0.598. The molecule has 6 nitrogen and oxygen atoms in total. The first-order valence-electron chi connectivity index (χ1n) is 3.69. The van der Waals surface area contributed by atoms with Crippen LogP contribution in [0.1, 0.15) is 0 Å². The minimum absolute atomic E-state index is 0.137. The number of nitrogens with one attached hydrogen (secondary N) is 1. The molecule has 0 fully saturated rings. The number of halogens is 1. The van der Waals surface area contributed by atoms with Gasteiger partial charge in [-0.25, -0.2) is 23.5 Å². The van der Waals surface area contributed by atoms with Crippen molar-refractivity contribution in [3.63, 3.8) is 0 Å². The zero-order valence-corrected chi connectivity index (χ0v) is 10.1. The summed E-state index contributed by atoms with van der Waals surface area (Å²) in [6.45, 7) is 0.208. The van der Waals surface area contributed by atoms with Gasteiger partial charge in [0.25, 0.3) is 0 Å². The van der Waals surface area contributed by atoms with E-state index in [4.69, 9.17) is 5.14 Å². The Morgan fingerprint density at radius 1 is 1.43 bits per heavy atom. The Balaban J connectivity index is 2.43. The van der Waals surface area contributed by atoms with E-state index in [0.29, 0.717) is 5.95 Å². The summed E-state index contributed by atoms with van der Waals surface area (Å²) in [4.78, 5) is 7.86. The third kappa shape index (κ3) is 4.67. The van der Waals surface area contributed by atoms with Crippen molar-refractivity contribution in [2.45, 2.75) is 0 Å². The van der Waals surface area contributed by atoms with Crippen LogP contribution < -0.4 is 10.5 Å². The summed E-state index contributed by atoms with van der Waals surface area (Å²) in [5.74, 6) is 0.261. The van der Waals surface area contributed by atoms with Crippen LogP contribution in [-0.2, 0) is 10.0 Å². The first-order valence-corrected chi connectivity index (χ1v) is 6.49. The summed E-state index contributed by atoms with van der Waals surface area (Å²) < 4.78 is 22.1. The highest BCUT2D eigenvalue weighted by Gasteiger charge is 2.02. The van der Waals surface area contributed by atoms with E-state index >= 15 is 0 Å². The zero-order valence-electron chi connectivity index (χ0n) is 7.14. The lowest BCUT2D eigenvalue weighted by Gasteiger charge is -2.02. The van der Waals surface area contributed by atoms with Gasteiger partial charge in [0.05, 0.1) is 5.75 Å². The van der Waals surface area contributed by atoms with Gasteiger partial charge in [-0.15, -0.1) is 0 Å². The average Bonchev–Trinajstić information content (AvgIpc) is 2.06. The first-order chi connectivity index (χ1) is 6.47. The van der Waals surface area contributed by atoms with Crippen LogP contribution in [0.4, 0.5) is 5.95 Å². The number of aromatic nitrogens is 2. The van der Waals surface area contributed by atoms with E-state index < -0.39 is 10.0 Å². The van der Waals surface area contributed by atoms with Gasteiger partial charge in [0, 0.05) is 22.5 Å². The number of nitrogens with two attached hydrogens (primary N) is 1. The molecule has 0 saturated heterocycles. The minimum atomic E-state index is -3.42. The van der Waals surface area contributed by atoms with Crippen LogP contribution in [0.15, 0.2) is 12.4 Å². The number of hydrogen-bond donors (Lipinski definition) is 2. The molecule has 0 aliphatic rings. The van der Waals surface area contributed by atoms with Crippen molar-refractivity contribution in [2.75, 3.05) is 17.6 Å². The van der Waals surface area contributed by atoms with Crippen molar-refractivity contribution in [1.29, 1.82) is 0 Å². The summed E-state index contributed by atoms with van der Waals surface area (Å²) in [6, 6.07) is 0. The van der Waals surface area contributed by atoms with E-state index in [-0.39, 0.29) is 12.3 Å². The van der Waals surface area contributed by atoms with Crippen molar-refractivity contribution in [3.8, 4) is 0 Å². The van der Waals surface area contributed by atoms with Crippen LogP contribution in [0.5, 0.6) is 0 Å². The SMILES string of the molecule is NS(=O)(=O)CCNc1ncc(I)cn1. The molecule has 0 amide bonds. The number of sulfonamides is 1. The molecule has 0 radical (unpaired) electrons. The van der Waals surface area contributed by atoms with Crippen LogP contribution in [0.2, 0.25) is 0 Å². The normalized spacial score (nSPS) is 11.3. The summed E-state index contributed by atoms with van der Waals surface area (Å²) in [5.41, 5.74) is 0. The summed E-state index contributed by atoms with van der Waals surface area (Å²) in [5, 5.41) is 7.56. The van der Waals surface area contributed by atoms with Crippen LogP contribution in [0.3, 0.4) is 0 Å². The van der Waals surface area contributed by atoms with Crippen LogP contribution in [0, 0.1) is 3.57 Å². The molecule has 1 aromatic heterocycles. The monoisotopic (exact) mass is 328 g/mol. The molecule has 1 aromatic rings. The van der Waals surface area contributed by atoms with Gasteiger partial charge in [0.15, 0.2) is 0 Å². The summed E-state index contributed by atoms with van der Waals surface area (Å²) >= 11 is 2.08. The second-order valence-corrected chi connectivity index (χ2v) is 5.50. The predicted octanol–water partition coefficient (Wildman–Crippen LogP) is -0.218. The molecule has 1 rings (SSSR count). The molecule has 8 heteroatoms. The number of nitrogens with zero attached hydrogens (tertiary/aromatic N) is 2. The average molecular weight is 328 g/mol. The molecule has 0 aromatic carbocycles. The standard InChI is InChI=1S/C6H9IN4O2S/c7-5-3-10-6(11-4-5)9-1-2-14(8,12)13/h3-4H,1-2H2,(H2,8,12,13)(H,9,10,11). The maximum absolute atomic E-state index is 10.6. The van der Waals surface area contributed by atoms with E-state index in [1.54, 1.807) is 12.4 Å². The van der Waals surface area contributed by atoms with E-state index in [2.05, 4.69) is 37.9 Å². The highest BCUT2D eigenvalue weighted by molar-refractivity contribution is 14.1. The van der Waals surface area contributed by atoms with Gasteiger partial charge in [0.1, 0.15) is 0 Å². The van der Waals surface area contributed by atoms with Gasteiger partial charge in [0.2, 0.25) is 16.0 Å². The molecule has 0 bridgehead atoms. The molecule has 0 atom stereocenters. The molecule has 0 unspecified atom stereocenters. The van der Waals surface area contributed by atoms with E-state index in [1.165, 1.54) is 0 Å². The molecule has 0 aliphatic carbocycles. The Morgan fingerprint density at radius 3 is 2.50 bits per heavy atom. The highest BCUT2D eigenvalue weighted by Crippen LogP contribution is 2.02. The molecular formula is C6H9IN4O2S. The fraction of sp³-hybridized carbons (Fsp3) is 0.333. The van der Waals surface area contributed by atoms with Crippen molar-refractivity contribution >= 4 is 38.6 Å². The van der Waals surface area contributed by atoms with E-state index in [1.807, 2.05) is 0 Å². The number of anilines is 1. The van der Waals surface area contributed by atoms with Crippen LogP contribution >= 0.6 is 22.6 Å². The van der Waals surface area contributed by atoms with Crippen LogP contribution in [-0.4, -0.2) is 30.7 Å². The van der Waals surface area contributed by atoms with E-state index in [0.717, 1.165) is 3.57 Å². The Kier molecular flexibility index (Phi) is 4.01. The topological polar surface area (TPSA) is 98.0 Å². The summed E-state index contributed by atoms with van der Waals surface area (Å²) in [6.07, 6.45) is 3.26. The second-order valence-electron chi connectivity index (χ2n) is 2.52. The second kappa shape index (κ2) is 4.84. The molecule has 0 spiro atoms. The Morgan fingerprint density at radius 2 is 2.00 bits per heavy atom. The van der Waals surface area contributed by atoms with Gasteiger partial charge >= 0.3 is 0 Å². The van der Waals surface area contributed by atoms with Gasteiger partial charge in [-0.3, -0.25) is 0 Å². The van der Waals surface area contributed by atoms with Gasteiger partial charge in [-0.05, 0) is 22.6 Å². The lowest BCUT2D eigenvalue weighted by Crippen LogP contribution is -2.22. The van der Waals surface area contributed by atoms with Crippen molar-refractivity contribution in [1.82, 2.24) is 9.97 Å². The molecule has 3 N–H and O–H groups in total. The minimum Gasteiger partial charge on any atom is -0.353 e. The van der Waals surface area contributed by atoms with Crippen LogP contribution in [0.25, 0.3) is 0 Å². The molecule has 14 heavy (non-hydrogen) atoms. The van der Waals surface area contributed by atoms with Crippen molar-refractivity contribution in [3.05, 3.63) is 16.0 Å². The fourth-order valence-corrected chi connectivity index (χ4v) is 1.37. The highest BCUT2D eigenvalue weighted by atomic mass is 127. The molecule has 0 saturated carbocycles. The maximum atomic E-state index is 10.6. The third-order valence-corrected chi connectivity index (χ3v) is 2.62. The van der Waals surface area contributed by atoms with Gasteiger partial charge in [-0.1, -0.05) is 0 Å². The third-order valence-electron chi connectivity index (χ3n) is 1.29. The Hall–Kier alpha value is -0.480. The molecule has 0 aliphatic heterocycles. The zero-order chi connectivity index (χ0) is 10.6.